The molecule has 0 rings (SSSR count). The molecule has 0 amide bonds. The van der Waals surface area contributed by atoms with Crippen molar-refractivity contribution in [2.75, 3.05) is 0 Å². The number of rotatable bonds is 5. The zero-order chi connectivity index (χ0) is 9.40. The van der Waals surface area contributed by atoms with Gasteiger partial charge in [0, 0.05) is 6.92 Å². The lowest BCUT2D eigenvalue weighted by Gasteiger charge is -1.97. The van der Waals surface area contributed by atoms with Crippen molar-refractivity contribution in [3.8, 4) is 0 Å². The summed E-state index contributed by atoms with van der Waals surface area (Å²) < 4.78 is 0. The van der Waals surface area contributed by atoms with Gasteiger partial charge >= 0.3 is 5.97 Å². The summed E-state index contributed by atoms with van der Waals surface area (Å²) in [5.41, 5.74) is 0.729. The minimum Gasteiger partial charge on any atom is -0.318 e. The Balaban J connectivity index is 3.86. The Kier molecular flexibility index (Phi) is 5.97. The Morgan fingerprint density at radius 1 is 1.67 bits per heavy atom. The topological polar surface area (TPSA) is 38.7 Å². The van der Waals surface area contributed by atoms with Crippen LogP contribution in [0.1, 0.15) is 33.1 Å². The van der Waals surface area contributed by atoms with Gasteiger partial charge < -0.3 is 4.84 Å². The van der Waals surface area contributed by atoms with E-state index in [2.05, 4.69) is 23.5 Å². The average molecular weight is 169 g/mol. The highest BCUT2D eigenvalue weighted by Gasteiger charge is 1.95. The summed E-state index contributed by atoms with van der Waals surface area (Å²) in [7, 11) is 0. The fourth-order valence-corrected chi connectivity index (χ4v) is 0.666. The molecule has 0 saturated heterocycles. The van der Waals surface area contributed by atoms with Crippen molar-refractivity contribution in [1.29, 1.82) is 0 Å². The smallest absolute Gasteiger partial charge is 0.318 e. The van der Waals surface area contributed by atoms with E-state index in [1.165, 1.54) is 6.92 Å². The molecule has 3 heteroatoms. The Hall–Kier alpha value is -1.12. The summed E-state index contributed by atoms with van der Waals surface area (Å²) in [6, 6.07) is 0. The molecule has 3 nitrogen and oxygen atoms in total. The molecule has 68 valence electrons. The molecule has 0 aliphatic heterocycles. The molecule has 0 heterocycles. The summed E-state index contributed by atoms with van der Waals surface area (Å²) in [5.74, 6) is -0.397. The molecule has 0 bridgehead atoms. The van der Waals surface area contributed by atoms with Crippen LogP contribution in [0.3, 0.4) is 0 Å². The Morgan fingerprint density at radius 2 is 2.33 bits per heavy atom. The van der Waals surface area contributed by atoms with Crippen molar-refractivity contribution < 1.29 is 9.63 Å². The number of allylic oxidation sites excluding steroid dienone is 1. The first-order chi connectivity index (χ1) is 5.70. The van der Waals surface area contributed by atoms with E-state index >= 15 is 0 Å². The lowest BCUT2D eigenvalue weighted by atomic mass is 10.2. The van der Waals surface area contributed by atoms with Gasteiger partial charge in [0.25, 0.3) is 0 Å². The van der Waals surface area contributed by atoms with Gasteiger partial charge in [-0.3, -0.25) is 0 Å². The zero-order valence-corrected chi connectivity index (χ0v) is 7.67. The van der Waals surface area contributed by atoms with E-state index in [0.717, 1.165) is 25.0 Å². The highest BCUT2D eigenvalue weighted by molar-refractivity contribution is 5.94. The van der Waals surface area contributed by atoms with Crippen LogP contribution in [0.15, 0.2) is 17.8 Å². The van der Waals surface area contributed by atoms with E-state index in [1.54, 1.807) is 6.08 Å². The first kappa shape index (κ1) is 10.9. The molecule has 12 heavy (non-hydrogen) atoms. The molecule has 0 saturated carbocycles. The number of nitrogens with zero attached hydrogens (tertiary/aromatic N) is 1. The van der Waals surface area contributed by atoms with Crippen molar-refractivity contribution in [3.05, 3.63) is 12.7 Å². The van der Waals surface area contributed by atoms with E-state index in [0.29, 0.717) is 0 Å². The molecule has 0 N–H and O–H groups in total. The lowest BCUT2D eigenvalue weighted by molar-refractivity contribution is -0.140. The van der Waals surface area contributed by atoms with Gasteiger partial charge in [0.05, 0.1) is 5.71 Å². The molecule has 0 unspecified atom stereocenters. The third-order valence-corrected chi connectivity index (χ3v) is 1.31. The van der Waals surface area contributed by atoms with Crippen molar-refractivity contribution in [2.45, 2.75) is 33.1 Å². The summed E-state index contributed by atoms with van der Waals surface area (Å²) in [6.45, 7) is 6.98. The second-order valence-electron chi connectivity index (χ2n) is 2.47. The van der Waals surface area contributed by atoms with Gasteiger partial charge in [0.1, 0.15) is 0 Å². The van der Waals surface area contributed by atoms with Crippen LogP contribution in [0, 0.1) is 0 Å². The summed E-state index contributed by atoms with van der Waals surface area (Å²) in [5, 5.41) is 3.63. The SMILES string of the molecule is C=C/C(CCCC)=N/OC(C)=O. The van der Waals surface area contributed by atoms with Crippen molar-refractivity contribution in [2.24, 2.45) is 5.16 Å². The number of unbranched alkanes of at least 4 members (excludes halogenated alkanes) is 1. The molecule has 0 spiro atoms. The quantitative estimate of drug-likeness (QED) is 0.360. The number of hydrogen-bond donors (Lipinski definition) is 0. The zero-order valence-electron chi connectivity index (χ0n) is 7.67. The molecular weight excluding hydrogens is 154 g/mol. The predicted molar refractivity (Wildman–Crippen MR) is 48.9 cm³/mol. The fraction of sp³-hybridized carbons (Fsp3) is 0.556. The maximum atomic E-state index is 10.4. The molecule has 0 aliphatic carbocycles. The van der Waals surface area contributed by atoms with E-state index in [1.807, 2.05) is 0 Å². The van der Waals surface area contributed by atoms with Crippen LogP contribution in [-0.2, 0) is 9.63 Å². The Labute approximate surface area is 73.1 Å². The first-order valence-electron chi connectivity index (χ1n) is 4.07. The average Bonchev–Trinajstić information content (AvgIpc) is 2.05. The van der Waals surface area contributed by atoms with E-state index in [4.69, 9.17) is 0 Å². The maximum absolute atomic E-state index is 10.4. The van der Waals surface area contributed by atoms with E-state index < -0.39 is 5.97 Å². The van der Waals surface area contributed by atoms with Crippen molar-refractivity contribution >= 4 is 11.7 Å². The Bertz CT molecular complexity index is 185. The van der Waals surface area contributed by atoms with Crippen LogP contribution < -0.4 is 0 Å². The van der Waals surface area contributed by atoms with Gasteiger partial charge in [-0.25, -0.2) is 4.79 Å². The van der Waals surface area contributed by atoms with E-state index in [-0.39, 0.29) is 0 Å². The largest absolute Gasteiger partial charge is 0.331 e. The minimum atomic E-state index is -0.397. The summed E-state index contributed by atoms with van der Waals surface area (Å²) in [6.07, 6.45) is 4.55. The van der Waals surface area contributed by atoms with Crippen LogP contribution in [0.5, 0.6) is 0 Å². The number of carbonyl (C=O) groups excluding carboxylic acids is 1. The van der Waals surface area contributed by atoms with Crippen LogP contribution >= 0.6 is 0 Å². The molecule has 0 aromatic rings. The van der Waals surface area contributed by atoms with Crippen LogP contribution in [0.2, 0.25) is 0 Å². The third-order valence-electron chi connectivity index (χ3n) is 1.31. The van der Waals surface area contributed by atoms with Crippen molar-refractivity contribution in [1.82, 2.24) is 0 Å². The van der Waals surface area contributed by atoms with E-state index in [9.17, 15) is 4.79 Å². The summed E-state index contributed by atoms with van der Waals surface area (Å²) >= 11 is 0. The normalized spacial score (nSPS) is 11.0. The van der Waals surface area contributed by atoms with Gasteiger partial charge in [0.2, 0.25) is 0 Å². The van der Waals surface area contributed by atoms with Gasteiger partial charge in [0.15, 0.2) is 0 Å². The van der Waals surface area contributed by atoms with Gasteiger partial charge in [-0.05, 0) is 18.9 Å². The maximum Gasteiger partial charge on any atom is 0.331 e. The second-order valence-corrected chi connectivity index (χ2v) is 2.47. The van der Waals surface area contributed by atoms with Crippen LogP contribution in [0.4, 0.5) is 0 Å². The number of hydrogen-bond acceptors (Lipinski definition) is 3. The van der Waals surface area contributed by atoms with Gasteiger partial charge in [-0.2, -0.15) is 0 Å². The van der Waals surface area contributed by atoms with Crippen LogP contribution in [-0.4, -0.2) is 11.7 Å². The summed E-state index contributed by atoms with van der Waals surface area (Å²) in [4.78, 5) is 14.8. The van der Waals surface area contributed by atoms with Crippen molar-refractivity contribution in [3.63, 3.8) is 0 Å². The molecule has 0 fully saturated rings. The minimum absolute atomic E-state index is 0.397. The number of carbonyl (C=O) groups is 1. The first-order valence-corrected chi connectivity index (χ1v) is 4.07. The standard InChI is InChI=1S/C9H15NO2/c1-4-6-7-9(5-2)10-12-8(3)11/h5H,2,4,6-7H2,1,3H3/b10-9-. The molecule has 0 aromatic heterocycles. The molecule has 0 aromatic carbocycles. The molecule has 0 aliphatic rings. The predicted octanol–water partition coefficient (Wildman–Crippen LogP) is 2.28. The molecular formula is C9H15NO2. The fourth-order valence-electron chi connectivity index (χ4n) is 0.666. The Morgan fingerprint density at radius 3 is 2.75 bits per heavy atom. The highest BCUT2D eigenvalue weighted by atomic mass is 16.7. The molecule has 0 radical (unpaired) electrons. The molecule has 0 atom stereocenters. The number of oxime groups is 1. The monoisotopic (exact) mass is 169 g/mol. The highest BCUT2D eigenvalue weighted by Crippen LogP contribution is 1.98. The second kappa shape index (κ2) is 6.58. The van der Waals surface area contributed by atoms with Gasteiger partial charge in [-0.15, -0.1) is 0 Å². The van der Waals surface area contributed by atoms with Crippen LogP contribution in [0.25, 0.3) is 0 Å². The third kappa shape index (κ3) is 5.65. The lowest BCUT2D eigenvalue weighted by Crippen LogP contribution is -1.98. The van der Waals surface area contributed by atoms with Gasteiger partial charge in [-0.1, -0.05) is 25.1 Å².